The van der Waals surface area contributed by atoms with Crippen molar-refractivity contribution in [2.45, 2.75) is 32.1 Å². The molecule has 7 nitrogen and oxygen atoms in total. The lowest BCUT2D eigenvalue weighted by Gasteiger charge is -2.38. The molecule has 3 aliphatic rings. The highest BCUT2D eigenvalue weighted by Crippen LogP contribution is 2.28. The molecule has 1 aromatic heterocycles. The van der Waals surface area contributed by atoms with E-state index in [4.69, 9.17) is 0 Å². The van der Waals surface area contributed by atoms with Gasteiger partial charge in [-0.2, -0.15) is 0 Å². The van der Waals surface area contributed by atoms with Crippen LogP contribution in [0.1, 0.15) is 31.2 Å². The third-order valence-corrected chi connectivity index (χ3v) is 7.93. The van der Waals surface area contributed by atoms with Crippen LogP contribution in [0.15, 0.2) is 42.7 Å². The highest BCUT2D eigenvalue weighted by molar-refractivity contribution is 5.79. The first-order valence-corrected chi connectivity index (χ1v) is 13.0. The minimum atomic E-state index is 0.154. The largest absolute Gasteiger partial charge is 0.356 e. The summed E-state index contributed by atoms with van der Waals surface area (Å²) in [6, 6.07) is 12.9. The number of rotatable bonds is 5. The van der Waals surface area contributed by atoms with Gasteiger partial charge >= 0.3 is 0 Å². The molecule has 0 spiro atoms. The third-order valence-electron chi connectivity index (χ3n) is 7.93. The van der Waals surface area contributed by atoms with Crippen molar-refractivity contribution in [3.05, 3.63) is 48.3 Å². The summed E-state index contributed by atoms with van der Waals surface area (Å²) in [5.74, 6) is 3.24. The van der Waals surface area contributed by atoms with Gasteiger partial charge in [-0.05, 0) is 50.6 Å². The van der Waals surface area contributed by atoms with Crippen molar-refractivity contribution >= 4 is 17.5 Å². The van der Waals surface area contributed by atoms with E-state index in [0.29, 0.717) is 11.8 Å². The minimum Gasteiger partial charge on any atom is -0.356 e. The predicted molar refractivity (Wildman–Crippen MR) is 136 cm³/mol. The Hall–Kier alpha value is -2.67. The lowest BCUT2D eigenvalue weighted by atomic mass is 9.88. The number of nitrogens with zero attached hydrogens (tertiary/aromatic N) is 6. The number of aromatic nitrogens is 2. The Morgan fingerprint density at radius 1 is 0.824 bits per heavy atom. The highest BCUT2D eigenvalue weighted by Gasteiger charge is 2.31. The molecule has 3 aliphatic heterocycles. The highest BCUT2D eigenvalue weighted by atomic mass is 16.2. The first-order valence-electron chi connectivity index (χ1n) is 13.0. The standard InChI is InChI=1S/C27H38N6O/c1-30-15-17-32(18-16-30)26-20-25(28-21-29-26)31-13-9-24(10-14-31)27(34)33-11-7-23(8-12-33)19-22-5-3-2-4-6-22/h2-6,20-21,23-24H,7-19H2,1H3. The van der Waals surface area contributed by atoms with Gasteiger partial charge in [0.1, 0.15) is 18.0 Å². The summed E-state index contributed by atoms with van der Waals surface area (Å²) in [5.41, 5.74) is 1.42. The average Bonchev–Trinajstić information content (AvgIpc) is 2.90. The maximum atomic E-state index is 13.2. The van der Waals surface area contributed by atoms with Gasteiger partial charge in [0.15, 0.2) is 0 Å². The Balaban J connectivity index is 1.10. The molecule has 3 fully saturated rings. The summed E-state index contributed by atoms with van der Waals surface area (Å²) >= 11 is 0. The molecule has 182 valence electrons. The monoisotopic (exact) mass is 462 g/mol. The van der Waals surface area contributed by atoms with E-state index in [9.17, 15) is 4.79 Å². The number of piperazine rings is 1. The molecule has 5 rings (SSSR count). The van der Waals surface area contributed by atoms with E-state index in [1.807, 2.05) is 0 Å². The van der Waals surface area contributed by atoms with E-state index in [0.717, 1.165) is 96.1 Å². The van der Waals surface area contributed by atoms with E-state index in [2.05, 4.69) is 73.0 Å². The van der Waals surface area contributed by atoms with Crippen molar-refractivity contribution < 1.29 is 4.79 Å². The van der Waals surface area contributed by atoms with Crippen molar-refractivity contribution in [2.24, 2.45) is 11.8 Å². The molecular formula is C27H38N6O. The number of hydrogen-bond acceptors (Lipinski definition) is 6. The van der Waals surface area contributed by atoms with Crippen molar-refractivity contribution in [3.63, 3.8) is 0 Å². The molecule has 0 saturated carbocycles. The van der Waals surface area contributed by atoms with Crippen LogP contribution in [0.25, 0.3) is 0 Å². The number of likely N-dealkylation sites (tertiary alicyclic amines) is 1. The molecule has 2 aromatic rings. The molecule has 0 radical (unpaired) electrons. The van der Waals surface area contributed by atoms with Gasteiger partial charge < -0.3 is 19.6 Å². The lowest BCUT2D eigenvalue weighted by Crippen LogP contribution is -2.46. The number of likely N-dealkylation sites (N-methyl/N-ethyl adjacent to an activating group) is 1. The van der Waals surface area contributed by atoms with Crippen LogP contribution >= 0.6 is 0 Å². The molecule has 0 unspecified atom stereocenters. The smallest absolute Gasteiger partial charge is 0.225 e. The molecule has 0 aliphatic carbocycles. The number of piperidine rings is 2. The van der Waals surface area contributed by atoms with E-state index in [-0.39, 0.29) is 5.92 Å². The number of anilines is 2. The number of benzene rings is 1. The van der Waals surface area contributed by atoms with Crippen molar-refractivity contribution in [1.82, 2.24) is 19.8 Å². The summed E-state index contributed by atoms with van der Waals surface area (Å²) in [6.45, 7) is 7.75. The minimum absolute atomic E-state index is 0.154. The van der Waals surface area contributed by atoms with Crippen LogP contribution in [0.3, 0.4) is 0 Å². The summed E-state index contributed by atoms with van der Waals surface area (Å²) in [6.07, 6.45) is 6.90. The van der Waals surface area contributed by atoms with Crippen molar-refractivity contribution in [1.29, 1.82) is 0 Å². The lowest BCUT2D eigenvalue weighted by molar-refractivity contribution is -0.137. The van der Waals surface area contributed by atoms with Crippen LogP contribution in [-0.4, -0.2) is 85.1 Å². The number of amides is 1. The Morgan fingerprint density at radius 3 is 2.09 bits per heavy atom. The van der Waals surface area contributed by atoms with Gasteiger partial charge in [-0.25, -0.2) is 9.97 Å². The van der Waals surface area contributed by atoms with Crippen molar-refractivity contribution in [3.8, 4) is 0 Å². The van der Waals surface area contributed by atoms with E-state index in [1.165, 1.54) is 5.56 Å². The molecule has 4 heterocycles. The van der Waals surface area contributed by atoms with E-state index >= 15 is 0 Å². The molecule has 34 heavy (non-hydrogen) atoms. The van der Waals surface area contributed by atoms with Crippen molar-refractivity contribution in [2.75, 3.05) is 69.2 Å². The molecule has 0 N–H and O–H groups in total. The fourth-order valence-corrected chi connectivity index (χ4v) is 5.64. The fraction of sp³-hybridized carbons (Fsp3) is 0.593. The van der Waals surface area contributed by atoms with Crippen LogP contribution in [0.5, 0.6) is 0 Å². The molecule has 3 saturated heterocycles. The van der Waals surface area contributed by atoms with Crippen LogP contribution in [0.4, 0.5) is 11.6 Å². The zero-order chi connectivity index (χ0) is 23.3. The molecule has 1 aromatic carbocycles. The summed E-state index contributed by atoms with van der Waals surface area (Å²) in [7, 11) is 2.17. The molecule has 1 amide bonds. The Kier molecular flexibility index (Phi) is 7.28. The Labute approximate surface area is 203 Å². The molecule has 0 atom stereocenters. The van der Waals surface area contributed by atoms with Gasteiger partial charge in [-0.1, -0.05) is 30.3 Å². The van der Waals surface area contributed by atoms with Gasteiger partial charge in [0, 0.05) is 64.3 Å². The second-order valence-electron chi connectivity index (χ2n) is 10.2. The number of carbonyl (C=O) groups excluding carboxylic acids is 1. The molecule has 7 heteroatoms. The predicted octanol–water partition coefficient (Wildman–Crippen LogP) is 2.93. The molecular weight excluding hydrogens is 424 g/mol. The summed E-state index contributed by atoms with van der Waals surface area (Å²) < 4.78 is 0. The van der Waals surface area contributed by atoms with E-state index in [1.54, 1.807) is 6.33 Å². The first kappa shape index (κ1) is 23.1. The zero-order valence-electron chi connectivity index (χ0n) is 20.5. The number of carbonyl (C=O) groups is 1. The van der Waals surface area contributed by atoms with E-state index < -0.39 is 0 Å². The maximum absolute atomic E-state index is 13.2. The topological polar surface area (TPSA) is 55.8 Å². The van der Waals surface area contributed by atoms with Gasteiger partial charge in [0.05, 0.1) is 0 Å². The molecule has 0 bridgehead atoms. The number of hydrogen-bond donors (Lipinski definition) is 0. The Morgan fingerprint density at radius 2 is 1.44 bits per heavy atom. The maximum Gasteiger partial charge on any atom is 0.225 e. The van der Waals surface area contributed by atoms with Gasteiger partial charge in [-0.3, -0.25) is 4.79 Å². The fourth-order valence-electron chi connectivity index (χ4n) is 5.64. The zero-order valence-corrected chi connectivity index (χ0v) is 20.5. The second kappa shape index (κ2) is 10.7. The summed E-state index contributed by atoms with van der Waals surface area (Å²) in [4.78, 5) is 31.5. The second-order valence-corrected chi connectivity index (χ2v) is 10.2. The van der Waals surface area contributed by atoms with Gasteiger partial charge in [0.25, 0.3) is 0 Å². The SMILES string of the molecule is CN1CCN(c2cc(N3CCC(C(=O)N4CCC(Cc5ccccc5)CC4)CC3)ncn2)CC1. The Bertz CT molecular complexity index is 929. The summed E-state index contributed by atoms with van der Waals surface area (Å²) in [5, 5.41) is 0. The van der Waals surface area contributed by atoms with Crippen LogP contribution in [-0.2, 0) is 11.2 Å². The van der Waals surface area contributed by atoms with Crippen LogP contribution in [0.2, 0.25) is 0 Å². The quantitative estimate of drug-likeness (QED) is 0.681. The normalized spacial score (nSPS) is 21.1. The van der Waals surface area contributed by atoms with Crippen LogP contribution < -0.4 is 9.80 Å². The average molecular weight is 463 g/mol. The van der Waals surface area contributed by atoms with Gasteiger partial charge in [0.2, 0.25) is 5.91 Å². The first-order chi connectivity index (χ1) is 16.7. The third kappa shape index (κ3) is 5.52. The van der Waals surface area contributed by atoms with Crippen LogP contribution in [0, 0.1) is 11.8 Å². The van der Waals surface area contributed by atoms with Gasteiger partial charge in [-0.15, -0.1) is 0 Å².